The van der Waals surface area contributed by atoms with Gasteiger partial charge in [0.25, 0.3) is 5.91 Å². The minimum absolute atomic E-state index is 0.00277. The van der Waals surface area contributed by atoms with Crippen LogP contribution in [0.1, 0.15) is 12.5 Å². The van der Waals surface area contributed by atoms with Crippen LogP contribution in [0.4, 0.5) is 0 Å². The lowest BCUT2D eigenvalue weighted by molar-refractivity contribution is -0.122. The molecular formula is C13H20N2O3. The maximum absolute atomic E-state index is 11.2. The van der Waals surface area contributed by atoms with Crippen molar-refractivity contribution in [2.45, 2.75) is 13.5 Å². The van der Waals surface area contributed by atoms with Gasteiger partial charge >= 0.3 is 0 Å². The van der Waals surface area contributed by atoms with Crippen LogP contribution >= 0.6 is 0 Å². The van der Waals surface area contributed by atoms with E-state index in [0.29, 0.717) is 18.0 Å². The van der Waals surface area contributed by atoms with Crippen LogP contribution < -0.4 is 20.1 Å². The van der Waals surface area contributed by atoms with Crippen LogP contribution in [0.2, 0.25) is 0 Å². The summed E-state index contributed by atoms with van der Waals surface area (Å²) in [5.41, 5.74) is 1.00. The van der Waals surface area contributed by atoms with Gasteiger partial charge in [-0.15, -0.1) is 0 Å². The highest BCUT2D eigenvalue weighted by Gasteiger charge is 2.07. The Morgan fingerprint density at radius 1 is 1.39 bits per heavy atom. The van der Waals surface area contributed by atoms with Crippen molar-refractivity contribution >= 4 is 5.91 Å². The lowest BCUT2D eigenvalue weighted by Crippen LogP contribution is -2.25. The molecule has 0 atom stereocenters. The first-order chi connectivity index (χ1) is 8.71. The summed E-state index contributed by atoms with van der Waals surface area (Å²) in [5.74, 6) is 1.22. The van der Waals surface area contributed by atoms with E-state index in [1.165, 1.54) is 0 Å². The van der Waals surface area contributed by atoms with Gasteiger partial charge in [-0.25, -0.2) is 0 Å². The Bertz CT molecular complexity index is 394. The standard InChI is InChI=1S/C13H20N2O3/c1-4-15-8-10-5-6-11(17-3)7-12(10)18-9-13(16)14-2/h5-7,15H,4,8-9H2,1-3H3,(H,14,16). The molecule has 0 aliphatic rings. The Morgan fingerprint density at radius 3 is 2.78 bits per heavy atom. The highest BCUT2D eigenvalue weighted by molar-refractivity contribution is 5.77. The van der Waals surface area contributed by atoms with Gasteiger partial charge < -0.3 is 20.1 Å². The van der Waals surface area contributed by atoms with Gasteiger partial charge in [0.05, 0.1) is 7.11 Å². The average molecular weight is 252 g/mol. The summed E-state index contributed by atoms with van der Waals surface area (Å²) in [7, 11) is 3.18. The zero-order valence-corrected chi connectivity index (χ0v) is 11.1. The van der Waals surface area contributed by atoms with Gasteiger partial charge in [0.2, 0.25) is 0 Å². The lowest BCUT2D eigenvalue weighted by atomic mass is 10.2. The molecule has 1 amide bonds. The Labute approximate surface area is 107 Å². The zero-order chi connectivity index (χ0) is 13.4. The van der Waals surface area contributed by atoms with Crippen LogP contribution in [-0.4, -0.2) is 33.2 Å². The number of carbonyl (C=O) groups is 1. The molecule has 0 saturated heterocycles. The Morgan fingerprint density at radius 2 is 2.17 bits per heavy atom. The molecule has 1 aromatic rings. The molecule has 100 valence electrons. The van der Waals surface area contributed by atoms with Crippen LogP contribution in [0.3, 0.4) is 0 Å². The fraction of sp³-hybridized carbons (Fsp3) is 0.462. The number of benzene rings is 1. The van der Waals surface area contributed by atoms with Gasteiger partial charge in [-0.05, 0) is 12.6 Å². The minimum Gasteiger partial charge on any atom is -0.497 e. The van der Waals surface area contributed by atoms with E-state index in [4.69, 9.17) is 9.47 Å². The van der Waals surface area contributed by atoms with Gasteiger partial charge in [-0.2, -0.15) is 0 Å². The molecular weight excluding hydrogens is 232 g/mol. The van der Waals surface area contributed by atoms with Gasteiger partial charge in [0.15, 0.2) is 6.61 Å². The van der Waals surface area contributed by atoms with E-state index in [1.807, 2.05) is 19.1 Å². The highest BCUT2D eigenvalue weighted by atomic mass is 16.5. The molecule has 0 aliphatic carbocycles. The number of rotatable bonds is 7. The number of amides is 1. The molecule has 5 heteroatoms. The fourth-order valence-electron chi connectivity index (χ4n) is 1.42. The predicted octanol–water partition coefficient (Wildman–Crippen LogP) is 0.929. The normalized spacial score (nSPS) is 9.94. The van der Waals surface area contributed by atoms with Crippen molar-refractivity contribution in [1.82, 2.24) is 10.6 Å². The average Bonchev–Trinajstić information content (AvgIpc) is 2.42. The molecule has 0 spiro atoms. The zero-order valence-electron chi connectivity index (χ0n) is 11.1. The van der Waals surface area contributed by atoms with Crippen molar-refractivity contribution in [3.8, 4) is 11.5 Å². The summed E-state index contributed by atoms with van der Waals surface area (Å²) in [6, 6.07) is 5.59. The smallest absolute Gasteiger partial charge is 0.257 e. The third kappa shape index (κ3) is 4.25. The molecule has 0 unspecified atom stereocenters. The van der Waals surface area contributed by atoms with Gasteiger partial charge in [0.1, 0.15) is 11.5 Å². The van der Waals surface area contributed by atoms with Crippen molar-refractivity contribution in [3.63, 3.8) is 0 Å². The van der Waals surface area contributed by atoms with Crippen LogP contribution in [0.15, 0.2) is 18.2 Å². The van der Waals surface area contributed by atoms with Crippen molar-refractivity contribution in [2.24, 2.45) is 0 Å². The second-order valence-corrected chi connectivity index (χ2v) is 3.72. The van der Waals surface area contributed by atoms with E-state index < -0.39 is 0 Å². The molecule has 0 fully saturated rings. The van der Waals surface area contributed by atoms with Gasteiger partial charge in [-0.3, -0.25) is 4.79 Å². The Kier molecular flexibility index (Phi) is 6.00. The quantitative estimate of drug-likeness (QED) is 0.758. The molecule has 0 heterocycles. The van der Waals surface area contributed by atoms with Gasteiger partial charge in [-0.1, -0.05) is 13.0 Å². The number of nitrogens with one attached hydrogen (secondary N) is 2. The number of methoxy groups -OCH3 is 1. The number of hydrogen-bond acceptors (Lipinski definition) is 4. The van der Waals surface area contributed by atoms with Crippen molar-refractivity contribution in [1.29, 1.82) is 0 Å². The predicted molar refractivity (Wildman–Crippen MR) is 69.9 cm³/mol. The second kappa shape index (κ2) is 7.55. The first kappa shape index (κ1) is 14.3. The Hall–Kier alpha value is -1.75. The second-order valence-electron chi connectivity index (χ2n) is 3.72. The molecule has 0 aliphatic heterocycles. The first-order valence-corrected chi connectivity index (χ1v) is 5.92. The largest absolute Gasteiger partial charge is 0.497 e. The van der Waals surface area contributed by atoms with Crippen LogP contribution in [0.25, 0.3) is 0 Å². The molecule has 2 N–H and O–H groups in total. The van der Waals surface area contributed by atoms with E-state index in [0.717, 1.165) is 12.1 Å². The summed E-state index contributed by atoms with van der Waals surface area (Å²) < 4.78 is 10.6. The van der Waals surface area contributed by atoms with Gasteiger partial charge in [0, 0.05) is 25.2 Å². The summed E-state index contributed by atoms with van der Waals surface area (Å²) in [4.78, 5) is 11.2. The fourth-order valence-corrected chi connectivity index (χ4v) is 1.42. The van der Waals surface area contributed by atoms with E-state index in [2.05, 4.69) is 10.6 Å². The van der Waals surface area contributed by atoms with E-state index in [1.54, 1.807) is 20.2 Å². The van der Waals surface area contributed by atoms with Crippen molar-refractivity contribution in [3.05, 3.63) is 23.8 Å². The minimum atomic E-state index is -0.160. The molecule has 0 saturated carbocycles. The molecule has 1 rings (SSSR count). The van der Waals surface area contributed by atoms with E-state index in [9.17, 15) is 4.79 Å². The highest BCUT2D eigenvalue weighted by Crippen LogP contribution is 2.24. The number of ether oxygens (including phenoxy) is 2. The topological polar surface area (TPSA) is 59.6 Å². The molecule has 0 aromatic heterocycles. The van der Waals surface area contributed by atoms with Crippen LogP contribution in [-0.2, 0) is 11.3 Å². The molecule has 18 heavy (non-hydrogen) atoms. The SMILES string of the molecule is CCNCc1ccc(OC)cc1OCC(=O)NC. The monoisotopic (exact) mass is 252 g/mol. The number of carbonyl (C=O) groups excluding carboxylic acids is 1. The third-order valence-electron chi connectivity index (χ3n) is 2.48. The summed E-state index contributed by atoms with van der Waals surface area (Å²) >= 11 is 0. The van der Waals surface area contributed by atoms with E-state index in [-0.39, 0.29) is 12.5 Å². The summed E-state index contributed by atoms with van der Waals surface area (Å²) in [6.45, 7) is 3.61. The van der Waals surface area contributed by atoms with E-state index >= 15 is 0 Å². The lowest BCUT2D eigenvalue weighted by Gasteiger charge is -2.12. The first-order valence-electron chi connectivity index (χ1n) is 5.92. The maximum Gasteiger partial charge on any atom is 0.257 e. The molecule has 0 radical (unpaired) electrons. The van der Waals surface area contributed by atoms with Crippen LogP contribution in [0.5, 0.6) is 11.5 Å². The maximum atomic E-state index is 11.2. The number of likely N-dealkylation sites (N-methyl/N-ethyl adjacent to an activating group) is 1. The van der Waals surface area contributed by atoms with Crippen molar-refractivity contribution in [2.75, 3.05) is 27.3 Å². The van der Waals surface area contributed by atoms with Crippen molar-refractivity contribution < 1.29 is 14.3 Å². The summed E-state index contributed by atoms with van der Waals surface area (Å²) in [6.07, 6.45) is 0. The third-order valence-corrected chi connectivity index (χ3v) is 2.48. The molecule has 0 bridgehead atoms. The molecule has 5 nitrogen and oxygen atoms in total. The molecule has 1 aromatic carbocycles. The number of hydrogen-bond donors (Lipinski definition) is 2. The Balaban J connectivity index is 2.78. The summed E-state index contributed by atoms with van der Waals surface area (Å²) in [5, 5.41) is 5.74. The van der Waals surface area contributed by atoms with Crippen LogP contribution in [0, 0.1) is 0 Å².